The molecule has 0 amide bonds. The molecule has 1 aromatic carbocycles. The fraction of sp³-hybridized carbons (Fsp3) is 0.467. The molecule has 19 heavy (non-hydrogen) atoms. The lowest BCUT2D eigenvalue weighted by Crippen LogP contribution is -1.99. The number of fused-ring (bicyclic) bond motifs is 1. The molecule has 0 aliphatic carbocycles. The summed E-state index contributed by atoms with van der Waals surface area (Å²) in [4.78, 5) is 0. The van der Waals surface area contributed by atoms with Crippen LogP contribution in [0, 0.1) is 0 Å². The van der Waals surface area contributed by atoms with Crippen molar-refractivity contribution in [3.05, 3.63) is 23.9 Å². The highest BCUT2D eigenvalue weighted by atomic mass is 16.5. The monoisotopic (exact) mass is 263 g/mol. The number of hydrogen-bond acceptors (Lipinski definition) is 3. The second kappa shape index (κ2) is 5.53. The van der Waals surface area contributed by atoms with E-state index in [0.29, 0.717) is 13.2 Å². The zero-order chi connectivity index (χ0) is 14.0. The molecule has 0 bridgehead atoms. The number of hydrogen-bond donors (Lipinski definition) is 1. The van der Waals surface area contributed by atoms with Gasteiger partial charge in [0.2, 0.25) is 0 Å². The normalized spacial score (nSPS) is 12.7. The highest BCUT2D eigenvalue weighted by Crippen LogP contribution is 2.36. The Kier molecular flexibility index (Phi) is 4.00. The Hall–Kier alpha value is -1.68. The molecule has 1 N–H and O–H groups in total. The topological polar surface area (TPSA) is 43.6 Å². The summed E-state index contributed by atoms with van der Waals surface area (Å²) in [5.74, 6) is 1.47. The van der Waals surface area contributed by atoms with Crippen LogP contribution in [0.15, 0.2) is 18.3 Å². The first-order valence-corrected chi connectivity index (χ1v) is 6.65. The summed E-state index contributed by atoms with van der Waals surface area (Å²) >= 11 is 0. The molecule has 104 valence electrons. The van der Waals surface area contributed by atoms with Gasteiger partial charge in [0.1, 0.15) is 0 Å². The number of nitrogens with zero attached hydrogens (tertiary/aromatic N) is 1. The van der Waals surface area contributed by atoms with Gasteiger partial charge >= 0.3 is 0 Å². The molecule has 1 heterocycles. The maximum absolute atomic E-state index is 9.84. The predicted octanol–water partition coefficient (Wildman–Crippen LogP) is 3.03. The van der Waals surface area contributed by atoms with Gasteiger partial charge in [-0.05, 0) is 26.8 Å². The third-order valence-corrected chi connectivity index (χ3v) is 3.14. The molecule has 0 aliphatic rings. The van der Waals surface area contributed by atoms with Gasteiger partial charge in [-0.15, -0.1) is 0 Å². The van der Waals surface area contributed by atoms with Crippen molar-refractivity contribution in [2.45, 2.75) is 26.9 Å². The zero-order valence-corrected chi connectivity index (χ0v) is 11.9. The summed E-state index contributed by atoms with van der Waals surface area (Å²) in [7, 11) is 1.96. The summed E-state index contributed by atoms with van der Waals surface area (Å²) < 4.78 is 13.2. The van der Waals surface area contributed by atoms with Crippen LogP contribution in [-0.4, -0.2) is 22.9 Å². The number of rotatable bonds is 5. The van der Waals surface area contributed by atoms with Crippen molar-refractivity contribution in [2.75, 3.05) is 13.2 Å². The Morgan fingerprint density at radius 1 is 1.16 bits per heavy atom. The standard InChI is InChI=1S/C15H21NO3/c1-5-18-14-7-11-12(10(3)17)9-16(4)13(11)8-15(14)19-6-2/h7-10,17H,5-6H2,1-4H3. The molecule has 0 fully saturated rings. The summed E-state index contributed by atoms with van der Waals surface area (Å²) in [6.07, 6.45) is 1.44. The zero-order valence-electron chi connectivity index (χ0n) is 11.9. The molecule has 0 spiro atoms. The highest BCUT2D eigenvalue weighted by Gasteiger charge is 2.15. The third kappa shape index (κ3) is 2.54. The van der Waals surface area contributed by atoms with Gasteiger partial charge in [-0.25, -0.2) is 0 Å². The molecule has 1 unspecified atom stereocenters. The molecule has 0 aliphatic heterocycles. The number of aliphatic hydroxyl groups excluding tert-OH is 1. The van der Waals surface area contributed by atoms with Crippen LogP contribution >= 0.6 is 0 Å². The van der Waals surface area contributed by atoms with E-state index in [1.165, 1.54) is 0 Å². The van der Waals surface area contributed by atoms with Gasteiger partial charge in [-0.3, -0.25) is 0 Å². The van der Waals surface area contributed by atoms with E-state index in [0.717, 1.165) is 28.0 Å². The van der Waals surface area contributed by atoms with E-state index in [-0.39, 0.29) is 0 Å². The van der Waals surface area contributed by atoms with Gasteiger partial charge in [-0.2, -0.15) is 0 Å². The first-order valence-electron chi connectivity index (χ1n) is 6.65. The van der Waals surface area contributed by atoms with E-state index in [2.05, 4.69) is 0 Å². The average molecular weight is 263 g/mol. The van der Waals surface area contributed by atoms with E-state index in [9.17, 15) is 5.11 Å². The largest absolute Gasteiger partial charge is 0.490 e. The lowest BCUT2D eigenvalue weighted by Gasteiger charge is -2.12. The SMILES string of the molecule is CCOc1cc2c(C(C)O)cn(C)c2cc1OCC. The maximum atomic E-state index is 9.84. The molecule has 2 aromatic rings. The second-order valence-corrected chi connectivity index (χ2v) is 4.55. The van der Waals surface area contributed by atoms with Crippen LogP contribution in [0.2, 0.25) is 0 Å². The van der Waals surface area contributed by atoms with E-state index in [4.69, 9.17) is 9.47 Å². The molecule has 4 heteroatoms. The number of ether oxygens (including phenoxy) is 2. The van der Waals surface area contributed by atoms with Gasteiger partial charge in [0.05, 0.1) is 24.8 Å². The van der Waals surface area contributed by atoms with Crippen molar-refractivity contribution in [2.24, 2.45) is 7.05 Å². The van der Waals surface area contributed by atoms with Gasteiger partial charge < -0.3 is 19.1 Å². The van der Waals surface area contributed by atoms with Crippen LogP contribution < -0.4 is 9.47 Å². The van der Waals surface area contributed by atoms with E-state index >= 15 is 0 Å². The average Bonchev–Trinajstić information content (AvgIpc) is 2.68. The maximum Gasteiger partial charge on any atom is 0.163 e. The molecule has 2 rings (SSSR count). The fourth-order valence-corrected chi connectivity index (χ4v) is 2.29. The van der Waals surface area contributed by atoms with Crippen molar-refractivity contribution in [3.63, 3.8) is 0 Å². The Balaban J connectivity index is 2.64. The van der Waals surface area contributed by atoms with Crippen molar-refractivity contribution < 1.29 is 14.6 Å². The van der Waals surface area contributed by atoms with Gasteiger partial charge in [0.15, 0.2) is 11.5 Å². The van der Waals surface area contributed by atoms with Crippen molar-refractivity contribution in [1.29, 1.82) is 0 Å². The molecule has 4 nitrogen and oxygen atoms in total. The molecule has 1 atom stereocenters. The second-order valence-electron chi connectivity index (χ2n) is 4.55. The Morgan fingerprint density at radius 2 is 1.74 bits per heavy atom. The Morgan fingerprint density at radius 3 is 2.26 bits per heavy atom. The summed E-state index contributed by atoms with van der Waals surface area (Å²) in [5, 5.41) is 10.8. The van der Waals surface area contributed by atoms with Crippen LogP contribution in [0.1, 0.15) is 32.4 Å². The quantitative estimate of drug-likeness (QED) is 0.901. The summed E-state index contributed by atoms with van der Waals surface area (Å²) in [6.45, 7) is 6.85. The van der Waals surface area contributed by atoms with Gasteiger partial charge in [0, 0.05) is 30.3 Å². The smallest absolute Gasteiger partial charge is 0.163 e. The molecular weight excluding hydrogens is 242 g/mol. The lowest BCUT2D eigenvalue weighted by atomic mass is 10.1. The van der Waals surface area contributed by atoms with Crippen LogP contribution in [0.25, 0.3) is 10.9 Å². The van der Waals surface area contributed by atoms with Crippen LogP contribution in [0.4, 0.5) is 0 Å². The summed E-state index contributed by atoms with van der Waals surface area (Å²) in [6, 6.07) is 3.92. The minimum Gasteiger partial charge on any atom is -0.490 e. The van der Waals surface area contributed by atoms with Crippen molar-refractivity contribution >= 4 is 10.9 Å². The van der Waals surface area contributed by atoms with Gasteiger partial charge in [0.25, 0.3) is 0 Å². The fourth-order valence-electron chi connectivity index (χ4n) is 2.29. The first kappa shape index (κ1) is 13.7. The van der Waals surface area contributed by atoms with Crippen molar-refractivity contribution in [3.8, 4) is 11.5 Å². The predicted molar refractivity (Wildman–Crippen MR) is 75.9 cm³/mol. The van der Waals surface area contributed by atoms with Crippen LogP contribution in [-0.2, 0) is 7.05 Å². The minimum atomic E-state index is -0.504. The molecule has 0 saturated carbocycles. The number of aromatic nitrogens is 1. The van der Waals surface area contributed by atoms with Crippen molar-refractivity contribution in [1.82, 2.24) is 4.57 Å². The third-order valence-electron chi connectivity index (χ3n) is 3.14. The van der Waals surface area contributed by atoms with Gasteiger partial charge in [-0.1, -0.05) is 0 Å². The van der Waals surface area contributed by atoms with E-state index in [1.807, 2.05) is 43.8 Å². The van der Waals surface area contributed by atoms with E-state index in [1.54, 1.807) is 6.92 Å². The number of aliphatic hydroxyl groups is 1. The molecule has 1 aromatic heterocycles. The molecule has 0 radical (unpaired) electrons. The van der Waals surface area contributed by atoms with E-state index < -0.39 is 6.10 Å². The van der Waals surface area contributed by atoms with Crippen LogP contribution in [0.3, 0.4) is 0 Å². The first-order chi connectivity index (χ1) is 9.08. The Bertz CT molecular complexity index is 572. The number of aryl methyl sites for hydroxylation is 1. The summed E-state index contributed by atoms with van der Waals surface area (Å²) in [5.41, 5.74) is 1.93. The Labute approximate surface area is 113 Å². The number of benzene rings is 1. The highest BCUT2D eigenvalue weighted by molar-refractivity contribution is 5.87. The lowest BCUT2D eigenvalue weighted by molar-refractivity contribution is 0.200. The minimum absolute atomic E-state index is 0.504. The molecular formula is C15H21NO3. The van der Waals surface area contributed by atoms with Crippen LogP contribution in [0.5, 0.6) is 11.5 Å². The molecule has 0 saturated heterocycles.